The fourth-order valence-corrected chi connectivity index (χ4v) is 3.28. The minimum absolute atomic E-state index is 0.173. The average molecular weight is 299 g/mol. The van der Waals surface area contributed by atoms with Crippen molar-refractivity contribution < 1.29 is 4.79 Å². The van der Waals surface area contributed by atoms with E-state index in [2.05, 4.69) is 35.0 Å². The molecule has 1 aliphatic rings. The molecule has 4 nitrogen and oxygen atoms in total. The lowest BCUT2D eigenvalue weighted by molar-refractivity contribution is 0.0958. The van der Waals surface area contributed by atoms with E-state index in [9.17, 15) is 4.79 Å². The summed E-state index contributed by atoms with van der Waals surface area (Å²) in [6.07, 6.45) is 10.5. The summed E-state index contributed by atoms with van der Waals surface area (Å²) in [5, 5.41) is 2.65. The first-order valence-corrected chi connectivity index (χ1v) is 8.12. The van der Waals surface area contributed by atoms with E-state index in [1.165, 1.54) is 19.3 Å². The highest BCUT2D eigenvalue weighted by Crippen LogP contribution is 2.30. The Morgan fingerprint density at radius 3 is 2.86 bits per heavy atom. The van der Waals surface area contributed by atoms with Crippen molar-refractivity contribution in [2.45, 2.75) is 33.1 Å². The van der Waals surface area contributed by atoms with Gasteiger partial charge in [-0.3, -0.25) is 4.79 Å². The summed E-state index contributed by atoms with van der Waals surface area (Å²) in [6.45, 7) is 6.92. The molecule has 1 atom stereocenters. The molecule has 1 fully saturated rings. The van der Waals surface area contributed by atoms with Gasteiger partial charge < -0.3 is 10.2 Å². The van der Waals surface area contributed by atoms with Gasteiger partial charge in [-0.25, -0.2) is 4.98 Å². The van der Waals surface area contributed by atoms with Crippen molar-refractivity contribution in [2.24, 2.45) is 11.8 Å². The maximum atomic E-state index is 11.8. The summed E-state index contributed by atoms with van der Waals surface area (Å²) < 4.78 is 0. The monoisotopic (exact) mass is 299 g/mol. The maximum Gasteiger partial charge on any atom is 0.253 e. The molecule has 2 rings (SSSR count). The molecule has 1 amide bonds. The van der Waals surface area contributed by atoms with Crippen molar-refractivity contribution in [2.75, 3.05) is 24.5 Å². The number of carbonyl (C=O) groups excluding carboxylic acids is 1. The summed E-state index contributed by atoms with van der Waals surface area (Å²) in [5.74, 6) is 4.74. The highest BCUT2D eigenvalue weighted by atomic mass is 16.1. The highest BCUT2D eigenvalue weighted by molar-refractivity contribution is 5.94. The van der Waals surface area contributed by atoms with E-state index < -0.39 is 0 Å². The maximum absolute atomic E-state index is 11.8. The second kappa shape index (κ2) is 7.84. The van der Waals surface area contributed by atoms with E-state index in [0.717, 1.165) is 30.7 Å². The molecule has 0 aromatic carbocycles. The van der Waals surface area contributed by atoms with Crippen LogP contribution >= 0.6 is 0 Å². The van der Waals surface area contributed by atoms with Crippen LogP contribution in [0.3, 0.4) is 0 Å². The number of nitrogens with zero attached hydrogens (tertiary/aromatic N) is 2. The molecule has 4 heteroatoms. The second-order valence-corrected chi connectivity index (χ2v) is 5.86. The van der Waals surface area contributed by atoms with E-state index in [1.807, 2.05) is 12.1 Å². The summed E-state index contributed by atoms with van der Waals surface area (Å²) >= 11 is 0. The quantitative estimate of drug-likeness (QED) is 0.822. The van der Waals surface area contributed by atoms with E-state index in [0.29, 0.717) is 5.56 Å². The number of amides is 1. The Morgan fingerprint density at radius 1 is 1.50 bits per heavy atom. The Hall–Kier alpha value is -2.02. The zero-order chi connectivity index (χ0) is 15.9. The summed E-state index contributed by atoms with van der Waals surface area (Å²) in [7, 11) is 0. The van der Waals surface area contributed by atoms with Crippen LogP contribution in [0.15, 0.2) is 18.3 Å². The largest absolute Gasteiger partial charge is 0.356 e. The first-order valence-electron chi connectivity index (χ1n) is 8.12. The Morgan fingerprint density at radius 2 is 2.27 bits per heavy atom. The van der Waals surface area contributed by atoms with Crippen molar-refractivity contribution >= 4 is 11.7 Å². The third-order valence-electron chi connectivity index (χ3n) is 4.63. The first-order chi connectivity index (χ1) is 10.7. The molecule has 1 aromatic rings. The molecule has 0 aliphatic carbocycles. The molecule has 0 bridgehead atoms. The zero-order valence-corrected chi connectivity index (χ0v) is 13.5. The smallest absolute Gasteiger partial charge is 0.253 e. The molecular weight excluding hydrogens is 274 g/mol. The fourth-order valence-electron chi connectivity index (χ4n) is 3.28. The molecule has 1 unspecified atom stereocenters. The molecule has 1 N–H and O–H groups in total. The van der Waals surface area contributed by atoms with Gasteiger partial charge in [0.15, 0.2) is 0 Å². The van der Waals surface area contributed by atoms with Crippen molar-refractivity contribution in [3.05, 3.63) is 23.9 Å². The van der Waals surface area contributed by atoms with Crippen molar-refractivity contribution in [1.29, 1.82) is 0 Å². The van der Waals surface area contributed by atoms with Gasteiger partial charge >= 0.3 is 0 Å². The molecular formula is C18H25N3O. The SMILES string of the molecule is C#CCNC(=O)c1ccc(N2CCC(C(CC)CC)C2)nc1. The molecule has 0 saturated carbocycles. The number of nitrogens with one attached hydrogen (secondary N) is 1. The minimum atomic E-state index is -0.173. The van der Waals surface area contributed by atoms with Gasteiger partial charge in [0.1, 0.15) is 5.82 Å². The van der Waals surface area contributed by atoms with E-state index >= 15 is 0 Å². The summed E-state index contributed by atoms with van der Waals surface area (Å²) in [5.41, 5.74) is 0.551. The Bertz CT molecular complexity index is 528. The van der Waals surface area contributed by atoms with Crippen LogP contribution in [0.4, 0.5) is 5.82 Å². The lowest BCUT2D eigenvalue weighted by atomic mass is 9.87. The molecule has 1 aliphatic heterocycles. The van der Waals surface area contributed by atoms with Gasteiger partial charge in [0.2, 0.25) is 0 Å². The standard InChI is InChI=1S/C18H25N3O/c1-4-10-19-18(22)15-7-8-17(20-12-15)21-11-9-16(13-21)14(5-2)6-3/h1,7-8,12,14,16H,5-6,9-11,13H2,2-3H3,(H,19,22). The summed E-state index contributed by atoms with van der Waals surface area (Å²) in [4.78, 5) is 18.6. The Balaban J connectivity index is 1.97. The third-order valence-corrected chi connectivity index (χ3v) is 4.63. The number of hydrogen-bond donors (Lipinski definition) is 1. The molecule has 0 spiro atoms. The van der Waals surface area contributed by atoms with Gasteiger partial charge in [-0.1, -0.05) is 32.6 Å². The zero-order valence-electron chi connectivity index (χ0n) is 13.5. The lowest BCUT2D eigenvalue weighted by Gasteiger charge is -2.22. The number of hydrogen-bond acceptors (Lipinski definition) is 3. The van der Waals surface area contributed by atoms with Crippen LogP contribution in [0.5, 0.6) is 0 Å². The number of anilines is 1. The van der Waals surface area contributed by atoms with Crippen LogP contribution in [0.1, 0.15) is 43.5 Å². The average Bonchev–Trinajstić information content (AvgIpc) is 3.04. The minimum Gasteiger partial charge on any atom is -0.356 e. The third kappa shape index (κ3) is 3.79. The van der Waals surface area contributed by atoms with Gasteiger partial charge in [0.25, 0.3) is 5.91 Å². The lowest BCUT2D eigenvalue weighted by Crippen LogP contribution is -2.25. The molecule has 22 heavy (non-hydrogen) atoms. The van der Waals surface area contributed by atoms with Crippen LogP contribution in [0.25, 0.3) is 0 Å². The van der Waals surface area contributed by atoms with Gasteiger partial charge in [-0.15, -0.1) is 6.42 Å². The van der Waals surface area contributed by atoms with Gasteiger partial charge in [0.05, 0.1) is 12.1 Å². The number of terminal acetylenes is 1. The number of carbonyl (C=O) groups is 1. The van der Waals surface area contributed by atoms with Crippen LogP contribution < -0.4 is 10.2 Å². The van der Waals surface area contributed by atoms with Crippen molar-refractivity contribution in [1.82, 2.24) is 10.3 Å². The molecule has 1 aromatic heterocycles. The van der Waals surface area contributed by atoms with Crippen molar-refractivity contribution in [3.8, 4) is 12.3 Å². The fraction of sp³-hybridized carbons (Fsp3) is 0.556. The molecule has 2 heterocycles. The van der Waals surface area contributed by atoms with Crippen molar-refractivity contribution in [3.63, 3.8) is 0 Å². The number of pyridine rings is 1. The van der Waals surface area contributed by atoms with Gasteiger partial charge in [0, 0.05) is 19.3 Å². The van der Waals surface area contributed by atoms with E-state index in [-0.39, 0.29) is 12.5 Å². The van der Waals surface area contributed by atoms with E-state index in [4.69, 9.17) is 6.42 Å². The predicted molar refractivity (Wildman–Crippen MR) is 89.8 cm³/mol. The Labute approximate surface area is 133 Å². The Kier molecular flexibility index (Phi) is 5.83. The predicted octanol–water partition coefficient (Wildman–Crippen LogP) is 2.71. The van der Waals surface area contributed by atoms with Gasteiger partial charge in [-0.2, -0.15) is 0 Å². The number of rotatable bonds is 6. The molecule has 1 saturated heterocycles. The normalized spacial score (nSPS) is 17.5. The second-order valence-electron chi connectivity index (χ2n) is 5.86. The topological polar surface area (TPSA) is 45.2 Å². The van der Waals surface area contributed by atoms with Crippen LogP contribution in [-0.2, 0) is 0 Å². The first kappa shape index (κ1) is 16.4. The molecule has 0 radical (unpaired) electrons. The van der Waals surface area contributed by atoms with Gasteiger partial charge in [-0.05, 0) is 30.4 Å². The van der Waals surface area contributed by atoms with Crippen LogP contribution in [0, 0.1) is 24.2 Å². The van der Waals surface area contributed by atoms with Crippen LogP contribution in [0.2, 0.25) is 0 Å². The number of aromatic nitrogens is 1. The molecule has 118 valence electrons. The summed E-state index contributed by atoms with van der Waals surface area (Å²) in [6, 6.07) is 3.75. The van der Waals surface area contributed by atoms with Crippen LogP contribution in [-0.4, -0.2) is 30.5 Å². The highest BCUT2D eigenvalue weighted by Gasteiger charge is 2.28. The van der Waals surface area contributed by atoms with E-state index in [1.54, 1.807) is 6.20 Å².